The maximum Gasteiger partial charge on any atom is 0.433 e. The number of benzene rings is 1. The molecule has 1 aromatic carbocycles. The maximum atomic E-state index is 13.3. The van der Waals surface area contributed by atoms with E-state index in [2.05, 4.69) is 10.4 Å². The second-order valence-electron chi connectivity index (χ2n) is 4.41. The van der Waals surface area contributed by atoms with Gasteiger partial charge in [-0.3, -0.25) is 0 Å². The zero-order valence-electron chi connectivity index (χ0n) is 11.7. The Morgan fingerprint density at radius 3 is 2.43 bits per heavy atom. The number of nitrogens with one attached hydrogen (secondary N) is 1. The molecule has 7 heteroatoms. The van der Waals surface area contributed by atoms with Gasteiger partial charge >= 0.3 is 6.18 Å². The van der Waals surface area contributed by atoms with Crippen molar-refractivity contribution in [3.63, 3.8) is 0 Å². The zero-order valence-corrected chi connectivity index (χ0v) is 11.7. The highest BCUT2D eigenvalue weighted by atomic mass is 19.4. The Morgan fingerprint density at radius 2 is 1.90 bits per heavy atom. The van der Waals surface area contributed by atoms with Crippen LogP contribution in [0.5, 0.6) is 5.75 Å². The van der Waals surface area contributed by atoms with Crippen molar-refractivity contribution in [1.82, 2.24) is 15.1 Å². The number of nitrogens with zero attached hydrogens (tertiary/aromatic N) is 2. The fraction of sp³-hybridized carbons (Fsp3) is 0.357. The Kier molecular flexibility index (Phi) is 4.52. The van der Waals surface area contributed by atoms with Crippen LogP contribution in [0.15, 0.2) is 30.5 Å². The van der Waals surface area contributed by atoms with Crippen LogP contribution in [0.1, 0.15) is 18.2 Å². The number of hydrogen-bond acceptors (Lipinski definition) is 3. The first-order valence-electron chi connectivity index (χ1n) is 6.46. The Morgan fingerprint density at radius 1 is 1.24 bits per heavy atom. The third-order valence-electron chi connectivity index (χ3n) is 3.00. The van der Waals surface area contributed by atoms with Gasteiger partial charge in [0, 0.05) is 12.1 Å². The summed E-state index contributed by atoms with van der Waals surface area (Å²) in [5, 5.41) is 6.76. The average molecular weight is 299 g/mol. The normalized spacial score (nSPS) is 11.7. The molecule has 2 rings (SSSR count). The molecule has 1 N–H and O–H groups in total. The van der Waals surface area contributed by atoms with Crippen LogP contribution >= 0.6 is 0 Å². The Bertz CT molecular complexity index is 591. The van der Waals surface area contributed by atoms with Gasteiger partial charge in [-0.05, 0) is 30.8 Å². The van der Waals surface area contributed by atoms with Crippen molar-refractivity contribution < 1.29 is 17.9 Å². The maximum absolute atomic E-state index is 13.3. The molecule has 0 bridgehead atoms. The van der Waals surface area contributed by atoms with E-state index in [9.17, 15) is 13.2 Å². The topological polar surface area (TPSA) is 39.1 Å². The van der Waals surface area contributed by atoms with E-state index >= 15 is 0 Å². The molecule has 1 heterocycles. The van der Waals surface area contributed by atoms with E-state index in [0.717, 1.165) is 4.68 Å². The Balaban J connectivity index is 2.44. The van der Waals surface area contributed by atoms with Crippen molar-refractivity contribution in [2.24, 2.45) is 0 Å². The molecule has 0 saturated heterocycles. The van der Waals surface area contributed by atoms with Crippen molar-refractivity contribution >= 4 is 0 Å². The highest BCUT2D eigenvalue weighted by Crippen LogP contribution is 2.33. The van der Waals surface area contributed by atoms with Crippen LogP contribution in [0.25, 0.3) is 5.69 Å². The molecular weight excluding hydrogens is 283 g/mol. The van der Waals surface area contributed by atoms with E-state index in [1.807, 2.05) is 6.92 Å². The fourth-order valence-corrected chi connectivity index (χ4v) is 1.99. The first kappa shape index (κ1) is 15.4. The molecule has 0 amide bonds. The van der Waals surface area contributed by atoms with Gasteiger partial charge in [-0.15, -0.1) is 0 Å². The fourth-order valence-electron chi connectivity index (χ4n) is 1.99. The van der Waals surface area contributed by atoms with Gasteiger partial charge in [-0.2, -0.15) is 18.3 Å². The molecule has 0 radical (unpaired) electrons. The van der Waals surface area contributed by atoms with Crippen LogP contribution in [-0.4, -0.2) is 23.4 Å². The largest absolute Gasteiger partial charge is 0.497 e. The monoisotopic (exact) mass is 299 g/mol. The summed E-state index contributed by atoms with van der Waals surface area (Å²) in [5.41, 5.74) is -0.292. The lowest BCUT2D eigenvalue weighted by molar-refractivity contribution is -0.143. The highest BCUT2D eigenvalue weighted by molar-refractivity contribution is 5.40. The Hall–Kier alpha value is -2.02. The number of halogens is 3. The lowest BCUT2D eigenvalue weighted by atomic mass is 10.2. The number of alkyl halides is 3. The summed E-state index contributed by atoms with van der Waals surface area (Å²) >= 11 is 0. The predicted molar refractivity (Wildman–Crippen MR) is 72.5 cm³/mol. The lowest BCUT2D eigenvalue weighted by Gasteiger charge is -2.13. The van der Waals surface area contributed by atoms with Crippen LogP contribution in [0.4, 0.5) is 13.2 Å². The van der Waals surface area contributed by atoms with Crippen molar-refractivity contribution in [1.29, 1.82) is 0 Å². The van der Waals surface area contributed by atoms with Crippen molar-refractivity contribution in [2.75, 3.05) is 13.7 Å². The lowest BCUT2D eigenvalue weighted by Crippen LogP contribution is -2.19. The minimum Gasteiger partial charge on any atom is -0.497 e. The van der Waals surface area contributed by atoms with Gasteiger partial charge in [-0.25, -0.2) is 4.68 Å². The van der Waals surface area contributed by atoms with E-state index in [4.69, 9.17) is 4.74 Å². The summed E-state index contributed by atoms with van der Waals surface area (Å²) in [5.74, 6) is 0.576. The summed E-state index contributed by atoms with van der Waals surface area (Å²) in [6.07, 6.45) is -3.23. The predicted octanol–water partition coefficient (Wildman–Crippen LogP) is 3.01. The van der Waals surface area contributed by atoms with Gasteiger partial charge in [0.2, 0.25) is 0 Å². The molecule has 21 heavy (non-hydrogen) atoms. The number of hydrogen-bond donors (Lipinski definition) is 1. The van der Waals surface area contributed by atoms with Crippen LogP contribution in [-0.2, 0) is 12.7 Å². The molecule has 2 aromatic rings. The van der Waals surface area contributed by atoms with Gasteiger partial charge < -0.3 is 10.1 Å². The molecule has 0 saturated carbocycles. The van der Waals surface area contributed by atoms with Gasteiger partial charge in [0.25, 0.3) is 0 Å². The molecule has 0 aliphatic carbocycles. The average Bonchev–Trinajstić information content (AvgIpc) is 2.89. The minimum atomic E-state index is -4.47. The van der Waals surface area contributed by atoms with Crippen molar-refractivity contribution in [2.45, 2.75) is 19.6 Å². The molecule has 0 fully saturated rings. The summed E-state index contributed by atoms with van der Waals surface area (Å²) < 4.78 is 45.8. The molecule has 0 unspecified atom stereocenters. The van der Waals surface area contributed by atoms with E-state index in [0.29, 0.717) is 18.0 Å². The quantitative estimate of drug-likeness (QED) is 0.922. The number of rotatable bonds is 5. The minimum absolute atomic E-state index is 0.125. The third kappa shape index (κ3) is 3.36. The summed E-state index contributed by atoms with van der Waals surface area (Å²) in [4.78, 5) is 0. The summed E-state index contributed by atoms with van der Waals surface area (Å²) in [7, 11) is 1.50. The van der Waals surface area contributed by atoms with Crippen LogP contribution in [0.2, 0.25) is 0 Å². The third-order valence-corrected chi connectivity index (χ3v) is 3.00. The SMILES string of the molecule is CCNCc1cnn(-c2ccc(OC)cc2)c1C(F)(F)F. The molecule has 1 aromatic heterocycles. The molecule has 0 atom stereocenters. The van der Waals surface area contributed by atoms with E-state index < -0.39 is 11.9 Å². The first-order valence-corrected chi connectivity index (χ1v) is 6.46. The van der Waals surface area contributed by atoms with E-state index in [-0.39, 0.29) is 12.1 Å². The highest BCUT2D eigenvalue weighted by Gasteiger charge is 2.38. The molecule has 0 aliphatic heterocycles. The molecule has 114 valence electrons. The van der Waals surface area contributed by atoms with Gasteiger partial charge in [0.05, 0.1) is 19.0 Å². The second kappa shape index (κ2) is 6.17. The van der Waals surface area contributed by atoms with Crippen molar-refractivity contribution in [3.8, 4) is 11.4 Å². The first-order chi connectivity index (χ1) is 9.97. The number of ether oxygens (including phenoxy) is 1. The molecule has 0 aliphatic rings. The second-order valence-corrected chi connectivity index (χ2v) is 4.41. The smallest absolute Gasteiger partial charge is 0.433 e. The Labute approximate surface area is 120 Å². The van der Waals surface area contributed by atoms with Gasteiger partial charge in [0.1, 0.15) is 5.75 Å². The standard InChI is InChI=1S/C14H16F3N3O/c1-3-18-8-10-9-19-20(13(10)14(15,16)17)11-4-6-12(21-2)7-5-11/h4-7,9,18H,3,8H2,1-2H3. The van der Waals surface area contributed by atoms with E-state index in [1.165, 1.54) is 25.4 Å². The summed E-state index contributed by atoms with van der Waals surface area (Å²) in [6.45, 7) is 2.55. The number of methoxy groups -OCH3 is 1. The summed E-state index contributed by atoms with van der Waals surface area (Å²) in [6, 6.07) is 6.28. The molecular formula is C14H16F3N3O. The molecule has 4 nitrogen and oxygen atoms in total. The van der Waals surface area contributed by atoms with E-state index in [1.54, 1.807) is 12.1 Å². The van der Waals surface area contributed by atoms with Gasteiger partial charge in [0.15, 0.2) is 5.69 Å². The molecule has 0 spiro atoms. The van der Waals surface area contributed by atoms with Crippen LogP contribution < -0.4 is 10.1 Å². The van der Waals surface area contributed by atoms with Crippen LogP contribution in [0.3, 0.4) is 0 Å². The number of aromatic nitrogens is 2. The zero-order chi connectivity index (χ0) is 15.5. The van der Waals surface area contributed by atoms with Crippen LogP contribution in [0, 0.1) is 0 Å². The van der Waals surface area contributed by atoms with Gasteiger partial charge in [-0.1, -0.05) is 6.92 Å². The van der Waals surface area contributed by atoms with Crippen molar-refractivity contribution in [3.05, 3.63) is 41.7 Å².